The van der Waals surface area contributed by atoms with Crippen LogP contribution in [0.4, 0.5) is 16.3 Å². The van der Waals surface area contributed by atoms with Crippen molar-refractivity contribution in [1.82, 2.24) is 14.9 Å². The zero-order valence-corrected chi connectivity index (χ0v) is 15.8. The van der Waals surface area contributed by atoms with Gasteiger partial charge in [-0.2, -0.15) is 0 Å². The van der Waals surface area contributed by atoms with Gasteiger partial charge < -0.3 is 14.5 Å². The van der Waals surface area contributed by atoms with Crippen LogP contribution < -0.4 is 14.5 Å². The number of hydrogen-bond donors (Lipinski definition) is 0. The second-order valence-corrected chi connectivity index (χ2v) is 8.14. The van der Waals surface area contributed by atoms with E-state index in [1.54, 1.807) is 30.7 Å². The summed E-state index contributed by atoms with van der Waals surface area (Å²) in [4.78, 5) is 27.6. The molecule has 0 N–H and O–H groups in total. The number of halogens is 1. The van der Waals surface area contributed by atoms with Crippen LogP contribution in [-0.2, 0) is 0 Å². The first kappa shape index (κ1) is 16.6. The van der Waals surface area contributed by atoms with Crippen LogP contribution in [0.3, 0.4) is 0 Å². The molecule has 3 aliphatic rings. The third kappa shape index (κ3) is 2.68. The first-order valence-corrected chi connectivity index (χ1v) is 9.44. The van der Waals surface area contributed by atoms with Crippen LogP contribution in [0.25, 0.3) is 0 Å². The highest BCUT2D eigenvalue weighted by Crippen LogP contribution is 2.43. The van der Waals surface area contributed by atoms with E-state index in [0.29, 0.717) is 17.4 Å². The number of fused-ring (bicyclic) bond motifs is 1. The van der Waals surface area contributed by atoms with Gasteiger partial charge in [0.25, 0.3) is 0 Å². The Morgan fingerprint density at radius 3 is 2.81 bits per heavy atom. The number of rotatable bonds is 1. The summed E-state index contributed by atoms with van der Waals surface area (Å²) < 4.78 is 5.75. The minimum Gasteiger partial charge on any atom is -0.489 e. The van der Waals surface area contributed by atoms with Gasteiger partial charge in [-0.15, -0.1) is 0 Å². The van der Waals surface area contributed by atoms with Crippen molar-refractivity contribution in [3.05, 3.63) is 41.8 Å². The van der Waals surface area contributed by atoms with E-state index in [-0.39, 0.29) is 17.5 Å². The number of benzene rings is 1. The van der Waals surface area contributed by atoms with E-state index in [4.69, 9.17) is 16.3 Å². The molecule has 2 aromatic rings. The van der Waals surface area contributed by atoms with Crippen LogP contribution in [0.5, 0.6) is 5.75 Å². The molecule has 5 rings (SSSR count). The van der Waals surface area contributed by atoms with Crippen LogP contribution in [-0.4, -0.2) is 59.7 Å². The SMILES string of the molecule is CC1COc2cc(Cl)ccc2N1C(=O)N1CC2(C1)CN(c1cnccn1)C2. The summed E-state index contributed by atoms with van der Waals surface area (Å²) in [6, 6.07) is 5.45. The number of hydrogen-bond acceptors (Lipinski definition) is 5. The van der Waals surface area contributed by atoms with Crippen molar-refractivity contribution in [3.63, 3.8) is 0 Å². The summed E-state index contributed by atoms with van der Waals surface area (Å²) in [5, 5.41) is 0.608. The normalized spacial score (nSPS) is 22.6. The summed E-state index contributed by atoms with van der Waals surface area (Å²) in [6.07, 6.45) is 5.17. The first-order valence-electron chi connectivity index (χ1n) is 9.06. The molecule has 1 unspecified atom stereocenters. The Kier molecular flexibility index (Phi) is 3.69. The number of anilines is 2. The van der Waals surface area contributed by atoms with E-state index in [9.17, 15) is 4.79 Å². The van der Waals surface area contributed by atoms with Crippen LogP contribution in [0.2, 0.25) is 5.02 Å². The zero-order valence-electron chi connectivity index (χ0n) is 15.0. The van der Waals surface area contributed by atoms with E-state index in [1.807, 2.05) is 22.8 Å². The molecule has 8 heteroatoms. The minimum absolute atomic E-state index is 0.0137. The van der Waals surface area contributed by atoms with Gasteiger partial charge in [-0.1, -0.05) is 11.6 Å². The monoisotopic (exact) mass is 385 g/mol. The standard InChI is InChI=1S/C19H20ClN5O2/c1-13-8-27-16-6-14(20)2-3-15(16)25(13)18(26)24-11-19(12-24)9-23(10-19)17-7-21-4-5-22-17/h2-7,13H,8-12H2,1H3. The third-order valence-electron chi connectivity index (χ3n) is 5.56. The zero-order chi connectivity index (χ0) is 18.6. The lowest BCUT2D eigenvalue weighted by Gasteiger charge is -2.61. The van der Waals surface area contributed by atoms with Gasteiger partial charge in [0.15, 0.2) is 0 Å². The molecule has 4 heterocycles. The molecule has 1 aromatic heterocycles. The molecule has 27 heavy (non-hydrogen) atoms. The second-order valence-electron chi connectivity index (χ2n) is 7.70. The molecule has 1 spiro atoms. The van der Waals surface area contributed by atoms with E-state index in [0.717, 1.165) is 37.7 Å². The average Bonchev–Trinajstić information content (AvgIpc) is 2.60. The van der Waals surface area contributed by atoms with Crippen molar-refractivity contribution >= 4 is 29.1 Å². The van der Waals surface area contributed by atoms with Gasteiger partial charge in [0.1, 0.15) is 18.2 Å². The maximum absolute atomic E-state index is 13.1. The Bertz CT molecular complexity index is 879. The van der Waals surface area contributed by atoms with Crippen molar-refractivity contribution in [1.29, 1.82) is 0 Å². The fraction of sp³-hybridized carbons (Fsp3) is 0.421. The van der Waals surface area contributed by atoms with Gasteiger partial charge in [-0.25, -0.2) is 9.78 Å². The fourth-order valence-corrected chi connectivity index (χ4v) is 4.41. The molecule has 0 radical (unpaired) electrons. The minimum atomic E-state index is -0.0137. The highest BCUT2D eigenvalue weighted by atomic mass is 35.5. The van der Waals surface area contributed by atoms with E-state index < -0.39 is 0 Å². The second kappa shape index (κ2) is 5.99. The number of carbonyl (C=O) groups is 1. The molecule has 0 aliphatic carbocycles. The quantitative estimate of drug-likeness (QED) is 0.755. The number of ether oxygens (including phenoxy) is 1. The topological polar surface area (TPSA) is 61.8 Å². The van der Waals surface area contributed by atoms with Crippen LogP contribution in [0.15, 0.2) is 36.8 Å². The Balaban J connectivity index is 1.26. The van der Waals surface area contributed by atoms with Gasteiger partial charge in [0.05, 0.1) is 17.9 Å². The van der Waals surface area contributed by atoms with Gasteiger partial charge >= 0.3 is 6.03 Å². The average molecular weight is 386 g/mol. The van der Waals surface area contributed by atoms with Crippen molar-refractivity contribution in [2.45, 2.75) is 13.0 Å². The Morgan fingerprint density at radius 2 is 2.07 bits per heavy atom. The molecule has 2 saturated heterocycles. The number of nitrogens with zero attached hydrogens (tertiary/aromatic N) is 5. The molecule has 1 atom stereocenters. The van der Waals surface area contributed by atoms with Crippen molar-refractivity contribution in [3.8, 4) is 5.75 Å². The van der Waals surface area contributed by atoms with Crippen LogP contribution in [0.1, 0.15) is 6.92 Å². The lowest BCUT2D eigenvalue weighted by Crippen LogP contribution is -2.74. The Labute approximate surface area is 162 Å². The molecular formula is C19H20ClN5O2. The predicted octanol–water partition coefficient (Wildman–Crippen LogP) is 2.66. The summed E-state index contributed by atoms with van der Waals surface area (Å²) in [7, 11) is 0. The highest BCUT2D eigenvalue weighted by Gasteiger charge is 2.54. The number of aromatic nitrogens is 2. The molecule has 1 aromatic carbocycles. The highest BCUT2D eigenvalue weighted by molar-refractivity contribution is 6.30. The van der Waals surface area contributed by atoms with E-state index in [1.165, 1.54) is 0 Å². The lowest BCUT2D eigenvalue weighted by atomic mass is 9.73. The van der Waals surface area contributed by atoms with E-state index in [2.05, 4.69) is 14.9 Å². The number of urea groups is 1. The molecule has 7 nitrogen and oxygen atoms in total. The molecule has 2 amide bonds. The van der Waals surface area contributed by atoms with Gasteiger partial charge in [-0.05, 0) is 19.1 Å². The molecule has 140 valence electrons. The molecular weight excluding hydrogens is 366 g/mol. The van der Waals surface area contributed by atoms with Crippen molar-refractivity contribution < 1.29 is 9.53 Å². The molecule has 3 aliphatic heterocycles. The number of amides is 2. The summed E-state index contributed by atoms with van der Waals surface area (Å²) in [5.74, 6) is 1.57. The maximum Gasteiger partial charge on any atom is 0.325 e. The van der Waals surface area contributed by atoms with Crippen molar-refractivity contribution in [2.24, 2.45) is 5.41 Å². The fourth-order valence-electron chi connectivity index (χ4n) is 4.25. The number of likely N-dealkylation sites (tertiary alicyclic amines) is 1. The van der Waals surface area contributed by atoms with Crippen LogP contribution >= 0.6 is 11.6 Å². The van der Waals surface area contributed by atoms with E-state index >= 15 is 0 Å². The van der Waals surface area contributed by atoms with Crippen molar-refractivity contribution in [2.75, 3.05) is 42.6 Å². The maximum atomic E-state index is 13.1. The predicted molar refractivity (Wildman–Crippen MR) is 103 cm³/mol. The van der Waals surface area contributed by atoms with Gasteiger partial charge in [-0.3, -0.25) is 9.88 Å². The third-order valence-corrected chi connectivity index (χ3v) is 5.79. The Hall–Kier alpha value is -2.54. The molecule has 0 bridgehead atoms. The summed E-state index contributed by atoms with van der Waals surface area (Å²) in [5.41, 5.74) is 0.977. The Morgan fingerprint density at radius 1 is 1.26 bits per heavy atom. The van der Waals surface area contributed by atoms with Gasteiger partial charge in [0, 0.05) is 55.1 Å². The lowest BCUT2D eigenvalue weighted by molar-refractivity contribution is 0.00854. The first-order chi connectivity index (χ1) is 13.0. The van der Waals surface area contributed by atoms with Crippen LogP contribution in [0, 0.1) is 5.41 Å². The summed E-state index contributed by atoms with van der Waals surface area (Å²) in [6.45, 7) is 5.86. The smallest absolute Gasteiger partial charge is 0.325 e. The molecule has 2 fully saturated rings. The number of carbonyl (C=O) groups excluding carboxylic acids is 1. The summed E-state index contributed by atoms with van der Waals surface area (Å²) >= 11 is 6.06. The molecule has 0 saturated carbocycles. The van der Waals surface area contributed by atoms with Gasteiger partial charge in [0.2, 0.25) is 0 Å². The largest absolute Gasteiger partial charge is 0.489 e.